The Labute approximate surface area is 298 Å². The molecule has 0 aromatic heterocycles. The van der Waals surface area contributed by atoms with Gasteiger partial charge >= 0.3 is 23.1 Å². The van der Waals surface area contributed by atoms with E-state index in [-0.39, 0.29) is 60.6 Å². The Kier molecular flexibility index (Phi) is 36.9. The van der Waals surface area contributed by atoms with E-state index < -0.39 is 35.8 Å². The molecule has 0 saturated carbocycles. The maximum absolute atomic E-state index is 11.5. The number of aliphatic carboxylic acids is 2. The first-order chi connectivity index (χ1) is 21.9. The van der Waals surface area contributed by atoms with Crippen LogP contribution < -0.4 is 32.3 Å². The largest absolute Gasteiger partial charge is 2.00 e. The van der Waals surface area contributed by atoms with E-state index in [0.717, 1.165) is 38.5 Å². The number of carbonyl (C=O) groups excluding carboxylic acids is 6. The standard InChI is InChI=1S/2C17H32N2O4.Mg/c2*1-2-3-4-5-6-7-8-9-10-11-15(20)19-16(21)13-12-14(18)17(22)23;/h2*14H,2-13,18H2,1H3,(H,22,23)(H,19,20,21);/q;;+2/p-2. The van der Waals surface area contributed by atoms with Crippen molar-refractivity contribution in [2.24, 2.45) is 11.5 Å². The molecule has 0 aromatic carbocycles. The number of nitrogens with one attached hydrogen (secondary N) is 2. The van der Waals surface area contributed by atoms with Crippen LogP contribution in [0, 0.1) is 0 Å². The minimum absolute atomic E-state index is 0. The number of amides is 4. The molecule has 268 valence electrons. The molecule has 0 aliphatic heterocycles. The number of hydrogen-bond donors (Lipinski definition) is 4. The van der Waals surface area contributed by atoms with E-state index >= 15 is 0 Å². The van der Waals surface area contributed by atoms with Crippen molar-refractivity contribution in [3.05, 3.63) is 0 Å². The van der Waals surface area contributed by atoms with E-state index in [1.807, 2.05) is 0 Å². The molecule has 0 saturated heterocycles. The summed E-state index contributed by atoms with van der Waals surface area (Å²) in [6.45, 7) is 4.40. The van der Waals surface area contributed by atoms with Crippen LogP contribution >= 0.6 is 0 Å². The average molecular weight is 679 g/mol. The van der Waals surface area contributed by atoms with Gasteiger partial charge < -0.3 is 31.3 Å². The summed E-state index contributed by atoms with van der Waals surface area (Å²) in [6, 6.07) is -2.35. The summed E-state index contributed by atoms with van der Waals surface area (Å²) in [4.78, 5) is 66.8. The van der Waals surface area contributed by atoms with Crippen molar-refractivity contribution in [2.75, 3.05) is 0 Å². The molecule has 0 radical (unpaired) electrons. The van der Waals surface area contributed by atoms with Crippen LogP contribution in [0.2, 0.25) is 0 Å². The first-order valence-electron chi connectivity index (χ1n) is 17.5. The number of carboxylic acids is 2. The molecule has 0 fully saturated rings. The molecule has 0 spiro atoms. The molecule has 2 unspecified atom stereocenters. The van der Waals surface area contributed by atoms with Gasteiger partial charge in [0.25, 0.3) is 0 Å². The number of nitrogens with two attached hydrogens (primary N) is 2. The van der Waals surface area contributed by atoms with Crippen LogP contribution in [0.4, 0.5) is 0 Å². The molecule has 12 nitrogen and oxygen atoms in total. The van der Waals surface area contributed by atoms with Gasteiger partial charge in [0.15, 0.2) is 0 Å². The van der Waals surface area contributed by atoms with Crippen molar-refractivity contribution in [1.82, 2.24) is 10.6 Å². The van der Waals surface area contributed by atoms with Crippen LogP contribution in [0.1, 0.15) is 168 Å². The smallest absolute Gasteiger partial charge is 0.548 e. The number of carbonyl (C=O) groups is 6. The quantitative estimate of drug-likeness (QED) is 0.0698. The Morgan fingerprint density at radius 2 is 0.681 bits per heavy atom. The van der Waals surface area contributed by atoms with Gasteiger partial charge in [0.2, 0.25) is 23.6 Å². The van der Waals surface area contributed by atoms with E-state index in [2.05, 4.69) is 24.5 Å². The van der Waals surface area contributed by atoms with E-state index in [0.29, 0.717) is 12.8 Å². The van der Waals surface area contributed by atoms with E-state index in [1.165, 1.54) is 77.0 Å². The minimum Gasteiger partial charge on any atom is -0.548 e. The van der Waals surface area contributed by atoms with Crippen LogP contribution in [-0.4, -0.2) is 70.7 Å². The van der Waals surface area contributed by atoms with Gasteiger partial charge in [-0.3, -0.25) is 29.8 Å². The fraction of sp³-hybridized carbons (Fsp3) is 0.824. The molecule has 2 atom stereocenters. The molecule has 0 rings (SSSR count). The molecular formula is C34H62MgN4O8. The van der Waals surface area contributed by atoms with Crippen molar-refractivity contribution < 1.29 is 39.0 Å². The number of hydrogen-bond acceptors (Lipinski definition) is 10. The van der Waals surface area contributed by atoms with Gasteiger partial charge in [0, 0.05) is 37.8 Å². The minimum atomic E-state index is -1.39. The van der Waals surface area contributed by atoms with Crippen molar-refractivity contribution in [1.29, 1.82) is 0 Å². The van der Waals surface area contributed by atoms with Crippen molar-refractivity contribution in [2.45, 2.75) is 180 Å². The van der Waals surface area contributed by atoms with Gasteiger partial charge in [-0.05, 0) is 25.7 Å². The summed E-state index contributed by atoms with van der Waals surface area (Å²) in [5, 5.41) is 25.3. The summed E-state index contributed by atoms with van der Waals surface area (Å²) in [5.41, 5.74) is 10.5. The van der Waals surface area contributed by atoms with Gasteiger partial charge in [0.05, 0.1) is 11.9 Å². The first kappa shape index (κ1) is 49.3. The fourth-order valence-corrected chi connectivity index (χ4v) is 4.56. The van der Waals surface area contributed by atoms with Crippen LogP contribution in [0.5, 0.6) is 0 Å². The Hall–Kier alpha value is -2.09. The van der Waals surface area contributed by atoms with Gasteiger partial charge in [-0.1, -0.05) is 117 Å². The Balaban J connectivity index is -0.000000807. The van der Waals surface area contributed by atoms with Crippen LogP contribution in [0.25, 0.3) is 0 Å². The van der Waals surface area contributed by atoms with Crippen LogP contribution in [0.3, 0.4) is 0 Å². The maximum Gasteiger partial charge on any atom is 2.00 e. The van der Waals surface area contributed by atoms with E-state index in [9.17, 15) is 39.0 Å². The molecule has 47 heavy (non-hydrogen) atoms. The van der Waals surface area contributed by atoms with E-state index in [4.69, 9.17) is 11.5 Å². The van der Waals surface area contributed by atoms with Crippen molar-refractivity contribution in [3.8, 4) is 0 Å². The summed E-state index contributed by atoms with van der Waals surface area (Å²) >= 11 is 0. The molecule has 6 N–H and O–H groups in total. The molecule has 0 aliphatic carbocycles. The van der Waals surface area contributed by atoms with E-state index in [1.54, 1.807) is 0 Å². The topological polar surface area (TPSA) is 225 Å². The predicted molar refractivity (Wildman–Crippen MR) is 180 cm³/mol. The monoisotopic (exact) mass is 678 g/mol. The summed E-state index contributed by atoms with van der Waals surface area (Å²) in [5.74, 6) is -4.36. The van der Waals surface area contributed by atoms with Gasteiger partial charge in [-0.2, -0.15) is 0 Å². The first-order valence-corrected chi connectivity index (χ1v) is 17.5. The summed E-state index contributed by atoms with van der Waals surface area (Å²) in [7, 11) is 0. The number of rotatable bonds is 28. The Morgan fingerprint density at radius 1 is 0.447 bits per heavy atom. The number of unbranched alkanes of at least 4 members (excludes halogenated alkanes) is 16. The SMILES string of the molecule is CCCCCCCCCCCC(=O)NC(=O)CCC(N)C(=O)[O-].CCCCCCCCCCCC(=O)NC(=O)CCC(N)C(=O)[O-].[Mg+2]. The second-order valence-electron chi connectivity index (χ2n) is 12.0. The van der Waals surface area contributed by atoms with Gasteiger partial charge in [0.1, 0.15) is 0 Å². The summed E-state index contributed by atoms with van der Waals surface area (Å²) < 4.78 is 0. The average Bonchev–Trinajstić information content (AvgIpc) is 3.01. The Morgan fingerprint density at radius 3 is 0.936 bits per heavy atom. The number of imide groups is 2. The summed E-state index contributed by atoms with van der Waals surface area (Å²) in [6.07, 6.45) is 21.4. The van der Waals surface area contributed by atoms with Crippen LogP contribution in [-0.2, 0) is 28.8 Å². The molecule has 0 heterocycles. The zero-order chi connectivity index (χ0) is 35.0. The van der Waals surface area contributed by atoms with Gasteiger partial charge in [-0.25, -0.2) is 0 Å². The molecule has 13 heteroatoms. The van der Waals surface area contributed by atoms with Crippen molar-refractivity contribution >= 4 is 58.6 Å². The second-order valence-corrected chi connectivity index (χ2v) is 12.0. The zero-order valence-electron chi connectivity index (χ0n) is 29.3. The maximum atomic E-state index is 11.5. The van der Waals surface area contributed by atoms with Crippen LogP contribution in [0.15, 0.2) is 0 Å². The second kappa shape index (κ2) is 35.2. The Bertz CT molecular complexity index is 792. The number of carboxylic acid groups (broad SMARTS) is 2. The third-order valence-electron chi connectivity index (χ3n) is 7.54. The van der Waals surface area contributed by atoms with Gasteiger partial charge in [-0.15, -0.1) is 0 Å². The molecule has 0 aromatic rings. The van der Waals surface area contributed by atoms with Crippen molar-refractivity contribution in [3.63, 3.8) is 0 Å². The third kappa shape index (κ3) is 36.6. The molecular weight excluding hydrogens is 617 g/mol. The molecule has 0 bridgehead atoms. The molecule has 4 amide bonds. The predicted octanol–water partition coefficient (Wildman–Crippen LogP) is 2.43. The normalized spacial score (nSPS) is 11.7. The third-order valence-corrected chi connectivity index (χ3v) is 7.54. The zero-order valence-corrected chi connectivity index (χ0v) is 30.7. The molecule has 0 aliphatic rings. The fourth-order valence-electron chi connectivity index (χ4n) is 4.56.